The molecule has 6 N–H and O–H groups in total. The van der Waals surface area contributed by atoms with Gasteiger partial charge in [-0.25, -0.2) is 14.4 Å². The minimum Gasteiger partial charge on any atom is -0.387 e. The molecule has 1 fully saturated rings. The normalized spacial score (nSPS) is 23.9. The van der Waals surface area contributed by atoms with Gasteiger partial charge in [-0.15, -0.1) is 0 Å². The van der Waals surface area contributed by atoms with Gasteiger partial charge in [0, 0.05) is 6.04 Å². The molecule has 3 aromatic rings. The first-order valence-corrected chi connectivity index (χ1v) is 15.1. The third-order valence-corrected chi connectivity index (χ3v) is 9.65. The predicted octanol–water partition coefficient (Wildman–Crippen LogP) is 2.22. The number of benzene rings is 1. The molecule has 0 amide bonds. The van der Waals surface area contributed by atoms with E-state index in [1.165, 1.54) is 23.0 Å². The summed E-state index contributed by atoms with van der Waals surface area (Å²) in [5.41, 5.74) is 1.10. The van der Waals surface area contributed by atoms with Crippen molar-refractivity contribution in [2.45, 2.75) is 37.5 Å². The van der Waals surface area contributed by atoms with E-state index >= 15 is 0 Å². The molecule has 6 atom stereocenters. The SMILES string of the molecule is C[C@@H](Nc1c(C#N)c(Cl)nc2c1ncn2[C@@H]1O[C@H](COP(=O)(O)CP(=O)(O)O)[C@@H](O)[C@H]1O)c1ccc(F)cc1. The van der Waals surface area contributed by atoms with E-state index < -0.39 is 64.1 Å². The second-order valence-corrected chi connectivity index (χ2v) is 13.1. The largest absolute Gasteiger partial charge is 0.387 e. The van der Waals surface area contributed by atoms with Gasteiger partial charge in [-0.05, 0) is 24.6 Å². The van der Waals surface area contributed by atoms with Crippen molar-refractivity contribution in [2.24, 2.45) is 0 Å². The Labute approximate surface area is 225 Å². The molecular weight excluding hydrogens is 583 g/mol. The fourth-order valence-electron chi connectivity index (χ4n) is 4.05. The predicted molar refractivity (Wildman–Crippen MR) is 134 cm³/mol. The summed E-state index contributed by atoms with van der Waals surface area (Å²) in [4.78, 5) is 36.0. The number of aliphatic hydroxyl groups excluding tert-OH is 2. The zero-order valence-electron chi connectivity index (χ0n) is 20.0. The molecule has 210 valence electrons. The summed E-state index contributed by atoms with van der Waals surface area (Å²) in [6.07, 6.45) is -4.73. The molecule has 1 aliphatic heterocycles. The van der Waals surface area contributed by atoms with Crippen LogP contribution in [-0.4, -0.2) is 70.3 Å². The van der Waals surface area contributed by atoms with Crippen LogP contribution in [0, 0.1) is 17.1 Å². The zero-order chi connectivity index (χ0) is 28.7. The van der Waals surface area contributed by atoms with Gasteiger partial charge in [0.15, 0.2) is 22.9 Å². The number of aliphatic hydroxyl groups is 2. The summed E-state index contributed by atoms with van der Waals surface area (Å²) in [5.74, 6) is -1.85. The molecule has 1 saturated heterocycles. The Morgan fingerprint density at radius 3 is 2.54 bits per heavy atom. The van der Waals surface area contributed by atoms with Gasteiger partial charge in [-0.1, -0.05) is 23.7 Å². The summed E-state index contributed by atoms with van der Waals surface area (Å²) in [6.45, 7) is 0.993. The van der Waals surface area contributed by atoms with E-state index in [0.29, 0.717) is 5.56 Å². The number of pyridine rings is 1. The van der Waals surface area contributed by atoms with E-state index in [0.717, 1.165) is 0 Å². The Bertz CT molecular complexity index is 1510. The Kier molecular flexibility index (Phi) is 8.47. The van der Waals surface area contributed by atoms with Crippen LogP contribution in [0.5, 0.6) is 0 Å². The third kappa shape index (κ3) is 6.48. The Morgan fingerprint density at radius 2 is 1.92 bits per heavy atom. The quantitative estimate of drug-likeness (QED) is 0.152. The number of rotatable bonds is 9. The summed E-state index contributed by atoms with van der Waals surface area (Å²) in [7, 11) is -9.61. The number of ether oxygens (including phenoxy) is 1. The minimum atomic E-state index is -4.87. The van der Waals surface area contributed by atoms with Crippen LogP contribution >= 0.6 is 26.8 Å². The van der Waals surface area contributed by atoms with Gasteiger partial charge in [0.25, 0.3) is 0 Å². The Hall–Kier alpha value is -2.47. The number of aromatic nitrogens is 3. The highest BCUT2D eigenvalue weighted by Crippen LogP contribution is 2.55. The van der Waals surface area contributed by atoms with Gasteiger partial charge in [0.2, 0.25) is 0 Å². The van der Waals surface area contributed by atoms with Crippen LogP contribution in [0.25, 0.3) is 11.2 Å². The molecule has 4 rings (SSSR count). The molecule has 1 unspecified atom stereocenters. The van der Waals surface area contributed by atoms with Gasteiger partial charge in [-0.3, -0.25) is 13.7 Å². The minimum absolute atomic E-state index is 0.0219. The third-order valence-electron chi connectivity index (χ3n) is 5.92. The lowest BCUT2D eigenvalue weighted by Crippen LogP contribution is -2.33. The van der Waals surface area contributed by atoms with Crippen LogP contribution in [0.3, 0.4) is 0 Å². The average molecular weight is 606 g/mol. The van der Waals surface area contributed by atoms with Crippen LogP contribution in [-0.2, 0) is 18.4 Å². The number of imidazole rings is 1. The molecule has 0 saturated carbocycles. The summed E-state index contributed by atoms with van der Waals surface area (Å²) >= 11 is 6.28. The van der Waals surface area contributed by atoms with Crippen molar-refractivity contribution >= 4 is 43.6 Å². The lowest BCUT2D eigenvalue weighted by atomic mass is 10.1. The van der Waals surface area contributed by atoms with Crippen molar-refractivity contribution < 1.29 is 47.7 Å². The summed E-state index contributed by atoms with van der Waals surface area (Å²) in [5, 5.41) is 33.7. The highest BCUT2D eigenvalue weighted by molar-refractivity contribution is 7.70. The molecule has 0 spiro atoms. The molecule has 14 nitrogen and oxygen atoms in total. The summed E-state index contributed by atoms with van der Waals surface area (Å²) in [6, 6.07) is 7.24. The number of nitrogens with one attached hydrogen (secondary N) is 1. The van der Waals surface area contributed by atoms with Crippen molar-refractivity contribution in [2.75, 3.05) is 17.8 Å². The Morgan fingerprint density at radius 1 is 1.26 bits per heavy atom. The van der Waals surface area contributed by atoms with E-state index in [2.05, 4.69) is 15.3 Å². The number of hydrogen-bond donors (Lipinski definition) is 6. The van der Waals surface area contributed by atoms with Crippen molar-refractivity contribution in [1.82, 2.24) is 14.5 Å². The standard InChI is InChI=1S/C21H23ClFN5O9P2/c1-10(11-2-4-12(23)5-3-11)26-15-13(6-24)19(22)27-20-16(15)25-8-28(20)21-18(30)17(29)14(37-21)7-36-39(34,35)9-38(31,32)33/h2-5,8,10,14,17-18,21,29-30H,7,9H2,1H3,(H,26,27)(H,34,35)(H2,31,32,33)/t10-,14-,17-,18-,21-/m1/s1. The smallest absolute Gasteiger partial charge is 0.340 e. The maximum absolute atomic E-state index is 13.3. The maximum atomic E-state index is 13.3. The fourth-order valence-corrected chi connectivity index (χ4v) is 6.84. The topological polar surface area (TPSA) is 220 Å². The molecule has 0 aliphatic carbocycles. The molecule has 39 heavy (non-hydrogen) atoms. The lowest BCUT2D eigenvalue weighted by Gasteiger charge is -2.19. The van der Waals surface area contributed by atoms with Crippen LogP contribution in [0.15, 0.2) is 30.6 Å². The van der Waals surface area contributed by atoms with E-state index in [4.69, 9.17) is 30.6 Å². The van der Waals surface area contributed by atoms with Crippen LogP contribution in [0.2, 0.25) is 5.15 Å². The first kappa shape index (κ1) is 29.5. The van der Waals surface area contributed by atoms with E-state index in [1.807, 2.05) is 6.07 Å². The molecular formula is C21H23ClFN5O9P2. The fraction of sp³-hybridized carbons (Fsp3) is 0.381. The first-order valence-electron chi connectivity index (χ1n) is 11.2. The Balaban J connectivity index is 1.62. The number of halogens is 2. The molecule has 1 aromatic carbocycles. The second kappa shape index (κ2) is 11.2. The van der Waals surface area contributed by atoms with Gasteiger partial charge in [0.05, 0.1) is 18.6 Å². The molecule has 0 radical (unpaired) electrons. The number of anilines is 1. The summed E-state index contributed by atoms with van der Waals surface area (Å²) < 4.78 is 47.9. The second-order valence-electron chi connectivity index (χ2n) is 8.79. The zero-order valence-corrected chi connectivity index (χ0v) is 22.5. The van der Waals surface area contributed by atoms with E-state index in [9.17, 15) is 33.9 Å². The van der Waals surface area contributed by atoms with Crippen molar-refractivity contribution in [1.29, 1.82) is 5.26 Å². The van der Waals surface area contributed by atoms with Gasteiger partial charge in [-0.2, -0.15) is 5.26 Å². The monoisotopic (exact) mass is 605 g/mol. The highest BCUT2D eigenvalue weighted by Gasteiger charge is 2.46. The van der Waals surface area contributed by atoms with E-state index in [-0.39, 0.29) is 27.6 Å². The van der Waals surface area contributed by atoms with Crippen molar-refractivity contribution in [3.05, 3.63) is 52.7 Å². The molecule has 3 heterocycles. The maximum Gasteiger partial charge on any atom is 0.340 e. The van der Waals surface area contributed by atoms with Gasteiger partial charge < -0.3 is 39.5 Å². The molecule has 2 aromatic heterocycles. The van der Waals surface area contributed by atoms with Gasteiger partial charge >= 0.3 is 15.2 Å². The number of hydrogen-bond acceptors (Lipinski definition) is 10. The molecule has 0 bridgehead atoms. The van der Waals surface area contributed by atoms with Crippen LogP contribution < -0.4 is 5.32 Å². The lowest BCUT2D eigenvalue weighted by molar-refractivity contribution is -0.0483. The number of nitriles is 1. The molecule has 18 heteroatoms. The van der Waals surface area contributed by atoms with Crippen molar-refractivity contribution in [3.8, 4) is 6.07 Å². The van der Waals surface area contributed by atoms with E-state index in [1.54, 1.807) is 19.1 Å². The van der Waals surface area contributed by atoms with Gasteiger partial charge in [0.1, 0.15) is 41.3 Å². The average Bonchev–Trinajstić information content (AvgIpc) is 3.37. The first-order chi connectivity index (χ1) is 18.2. The number of nitrogens with zero attached hydrogens (tertiary/aromatic N) is 4. The van der Waals surface area contributed by atoms with Crippen LogP contribution in [0.1, 0.15) is 30.3 Å². The highest BCUT2D eigenvalue weighted by atomic mass is 35.5. The molecule has 1 aliphatic rings. The van der Waals surface area contributed by atoms with Crippen molar-refractivity contribution in [3.63, 3.8) is 0 Å². The van der Waals surface area contributed by atoms with Crippen LogP contribution in [0.4, 0.5) is 10.1 Å². The number of fused-ring (bicyclic) bond motifs is 1.